The predicted octanol–water partition coefficient (Wildman–Crippen LogP) is 3.82. The van der Waals surface area contributed by atoms with Crippen molar-refractivity contribution in [2.45, 2.75) is 26.4 Å². The van der Waals surface area contributed by atoms with Crippen molar-refractivity contribution in [3.63, 3.8) is 0 Å². The minimum Gasteiger partial charge on any atom is -0.456 e. The molecule has 0 aliphatic heterocycles. The van der Waals surface area contributed by atoms with Crippen LogP contribution < -0.4 is 5.32 Å². The lowest BCUT2D eigenvalue weighted by molar-refractivity contribution is 0.00696. The van der Waals surface area contributed by atoms with E-state index in [1.807, 2.05) is 43.5 Å². The lowest BCUT2D eigenvalue weighted by atomic mass is 10.1. The maximum Gasteiger partial charge on any atom is 0.338 e. The molecule has 4 rings (SSSR count). The van der Waals surface area contributed by atoms with Gasteiger partial charge < -0.3 is 10.1 Å². The van der Waals surface area contributed by atoms with Crippen molar-refractivity contribution in [1.29, 1.82) is 0 Å². The molecule has 0 amide bonds. The van der Waals surface area contributed by atoms with E-state index < -0.39 is 5.60 Å². The second kappa shape index (κ2) is 6.80. The maximum absolute atomic E-state index is 12.1. The quantitative estimate of drug-likeness (QED) is 0.526. The average molecular weight is 376 g/mol. The van der Waals surface area contributed by atoms with E-state index >= 15 is 0 Å². The van der Waals surface area contributed by atoms with Gasteiger partial charge in [0, 0.05) is 29.8 Å². The fourth-order valence-electron chi connectivity index (χ4n) is 2.77. The lowest BCUT2D eigenvalue weighted by Crippen LogP contribution is -2.23. The van der Waals surface area contributed by atoms with Gasteiger partial charge in [0.2, 0.25) is 0 Å². The van der Waals surface area contributed by atoms with Gasteiger partial charge >= 0.3 is 5.97 Å². The standard InChI is InChI=1S/C20H20N6O2/c1-20(2,3)28-19(27)13-4-6-15(7-5-13)25-17-18-21-8-9-26(18)16(12-22-17)14-10-23-24-11-14/h4-12H,1-3H3,(H,22,25)(H,23,24). The maximum atomic E-state index is 12.1. The first-order chi connectivity index (χ1) is 13.4. The Kier molecular flexibility index (Phi) is 4.31. The SMILES string of the molecule is CC(C)(C)OC(=O)c1ccc(Nc2ncc(-c3cn[nH]c3)n3ccnc23)cc1. The highest BCUT2D eigenvalue weighted by Gasteiger charge is 2.18. The Balaban J connectivity index is 1.58. The van der Waals surface area contributed by atoms with Gasteiger partial charge in [-0.15, -0.1) is 0 Å². The number of aromatic amines is 1. The Hall–Kier alpha value is -3.68. The van der Waals surface area contributed by atoms with E-state index in [-0.39, 0.29) is 5.97 Å². The molecule has 142 valence electrons. The summed E-state index contributed by atoms with van der Waals surface area (Å²) in [4.78, 5) is 21.1. The third-order valence-corrected chi connectivity index (χ3v) is 4.00. The van der Waals surface area contributed by atoms with Crippen molar-refractivity contribution < 1.29 is 9.53 Å². The molecule has 8 nitrogen and oxygen atoms in total. The molecule has 0 radical (unpaired) electrons. The van der Waals surface area contributed by atoms with Gasteiger partial charge in [-0.2, -0.15) is 5.10 Å². The fraction of sp³-hybridized carbons (Fsp3) is 0.200. The fourth-order valence-corrected chi connectivity index (χ4v) is 2.77. The molecule has 3 aromatic heterocycles. The number of carbonyl (C=O) groups excluding carboxylic acids is 1. The summed E-state index contributed by atoms with van der Waals surface area (Å²) >= 11 is 0. The first kappa shape index (κ1) is 17.7. The molecule has 0 unspecified atom stereocenters. The molecule has 4 aromatic rings. The van der Waals surface area contributed by atoms with Crippen LogP contribution in [-0.4, -0.2) is 36.1 Å². The molecule has 0 atom stereocenters. The highest BCUT2D eigenvalue weighted by Crippen LogP contribution is 2.25. The van der Waals surface area contributed by atoms with E-state index in [1.54, 1.807) is 36.9 Å². The van der Waals surface area contributed by atoms with Gasteiger partial charge in [-0.05, 0) is 45.0 Å². The zero-order chi connectivity index (χ0) is 19.7. The minimum absolute atomic E-state index is 0.350. The Morgan fingerprint density at radius 1 is 1.14 bits per heavy atom. The number of ether oxygens (including phenoxy) is 1. The van der Waals surface area contributed by atoms with Gasteiger partial charge in [-0.3, -0.25) is 9.50 Å². The van der Waals surface area contributed by atoms with Gasteiger partial charge in [-0.25, -0.2) is 14.8 Å². The number of H-pyrrole nitrogens is 1. The molecular formula is C20H20N6O2. The first-order valence-electron chi connectivity index (χ1n) is 8.82. The Morgan fingerprint density at radius 3 is 2.61 bits per heavy atom. The number of nitrogens with one attached hydrogen (secondary N) is 2. The van der Waals surface area contributed by atoms with Crippen LogP contribution in [0.1, 0.15) is 31.1 Å². The number of anilines is 2. The smallest absolute Gasteiger partial charge is 0.338 e. The number of nitrogens with zero attached hydrogens (tertiary/aromatic N) is 4. The molecular weight excluding hydrogens is 356 g/mol. The highest BCUT2D eigenvalue weighted by molar-refractivity contribution is 5.90. The predicted molar refractivity (Wildman–Crippen MR) is 105 cm³/mol. The van der Waals surface area contributed by atoms with Gasteiger partial charge in [0.25, 0.3) is 0 Å². The normalized spacial score (nSPS) is 11.5. The summed E-state index contributed by atoms with van der Waals surface area (Å²) in [7, 11) is 0. The molecule has 0 fully saturated rings. The molecule has 28 heavy (non-hydrogen) atoms. The van der Waals surface area contributed by atoms with Crippen LogP contribution in [0.4, 0.5) is 11.5 Å². The van der Waals surface area contributed by atoms with Crippen LogP contribution in [-0.2, 0) is 4.74 Å². The lowest BCUT2D eigenvalue weighted by Gasteiger charge is -2.19. The van der Waals surface area contributed by atoms with Gasteiger partial charge in [0.05, 0.1) is 23.7 Å². The number of fused-ring (bicyclic) bond motifs is 1. The molecule has 8 heteroatoms. The number of imidazole rings is 1. The van der Waals surface area contributed by atoms with Crippen molar-refractivity contribution in [3.8, 4) is 11.3 Å². The van der Waals surface area contributed by atoms with Crippen molar-refractivity contribution >= 4 is 23.1 Å². The number of hydrogen-bond acceptors (Lipinski definition) is 6. The Labute approximate surface area is 161 Å². The van der Waals surface area contributed by atoms with Crippen LogP contribution in [0.15, 0.2) is 55.2 Å². The van der Waals surface area contributed by atoms with Gasteiger partial charge in [0.1, 0.15) is 5.60 Å². The van der Waals surface area contributed by atoms with E-state index in [2.05, 4.69) is 25.5 Å². The number of benzene rings is 1. The van der Waals surface area contributed by atoms with Crippen LogP contribution in [0.3, 0.4) is 0 Å². The van der Waals surface area contributed by atoms with Crippen molar-refractivity contribution in [1.82, 2.24) is 24.6 Å². The molecule has 0 spiro atoms. The molecule has 2 N–H and O–H groups in total. The van der Waals surface area contributed by atoms with Crippen molar-refractivity contribution in [2.75, 3.05) is 5.32 Å². The molecule has 0 aliphatic rings. The molecule has 0 saturated carbocycles. The first-order valence-corrected chi connectivity index (χ1v) is 8.82. The van der Waals surface area contributed by atoms with Crippen LogP contribution >= 0.6 is 0 Å². The highest BCUT2D eigenvalue weighted by atomic mass is 16.6. The minimum atomic E-state index is -0.527. The summed E-state index contributed by atoms with van der Waals surface area (Å²) in [5, 5.41) is 10.0. The number of rotatable bonds is 4. The van der Waals surface area contributed by atoms with Crippen LogP contribution in [0, 0.1) is 0 Å². The zero-order valence-corrected chi connectivity index (χ0v) is 15.8. The second-order valence-corrected chi connectivity index (χ2v) is 7.30. The summed E-state index contributed by atoms with van der Waals surface area (Å²) in [5.74, 6) is 0.263. The second-order valence-electron chi connectivity index (χ2n) is 7.30. The van der Waals surface area contributed by atoms with Crippen LogP contribution in [0.5, 0.6) is 0 Å². The largest absolute Gasteiger partial charge is 0.456 e. The third kappa shape index (κ3) is 3.57. The zero-order valence-electron chi connectivity index (χ0n) is 15.8. The molecule has 0 bridgehead atoms. The molecule has 0 aliphatic carbocycles. The molecule has 1 aromatic carbocycles. The summed E-state index contributed by atoms with van der Waals surface area (Å²) in [6.07, 6.45) is 8.89. The summed E-state index contributed by atoms with van der Waals surface area (Å²) in [6, 6.07) is 7.06. The summed E-state index contributed by atoms with van der Waals surface area (Å²) in [6.45, 7) is 5.53. The van der Waals surface area contributed by atoms with Gasteiger partial charge in [-0.1, -0.05) is 0 Å². The summed E-state index contributed by atoms with van der Waals surface area (Å²) < 4.78 is 7.32. The summed E-state index contributed by atoms with van der Waals surface area (Å²) in [5.41, 5.74) is 3.25. The van der Waals surface area contributed by atoms with Crippen molar-refractivity contribution in [2.24, 2.45) is 0 Å². The van der Waals surface area contributed by atoms with E-state index in [4.69, 9.17) is 4.74 Å². The van der Waals surface area contributed by atoms with Crippen molar-refractivity contribution in [3.05, 3.63) is 60.8 Å². The third-order valence-electron chi connectivity index (χ3n) is 4.00. The molecule has 0 saturated heterocycles. The van der Waals surface area contributed by atoms with E-state index in [0.717, 1.165) is 16.9 Å². The topological polar surface area (TPSA) is 97.2 Å². The molecule has 3 heterocycles. The van der Waals surface area contributed by atoms with Crippen LogP contribution in [0.2, 0.25) is 0 Å². The van der Waals surface area contributed by atoms with E-state index in [9.17, 15) is 4.79 Å². The average Bonchev–Trinajstić information content (AvgIpc) is 3.33. The Bertz CT molecular complexity index is 1110. The van der Waals surface area contributed by atoms with E-state index in [0.29, 0.717) is 17.0 Å². The van der Waals surface area contributed by atoms with Crippen LogP contribution in [0.25, 0.3) is 16.9 Å². The number of esters is 1. The number of carbonyl (C=O) groups is 1. The Morgan fingerprint density at radius 2 is 1.93 bits per heavy atom. The van der Waals surface area contributed by atoms with E-state index in [1.165, 1.54) is 0 Å². The monoisotopic (exact) mass is 376 g/mol. The number of aromatic nitrogens is 5. The van der Waals surface area contributed by atoms with Gasteiger partial charge in [0.15, 0.2) is 11.5 Å². The number of hydrogen-bond donors (Lipinski definition) is 2.